The summed E-state index contributed by atoms with van der Waals surface area (Å²) >= 11 is 0. The molecule has 0 aromatic heterocycles. The Labute approximate surface area is 202 Å². The van der Waals surface area contributed by atoms with Gasteiger partial charge in [0.25, 0.3) is 0 Å². The highest BCUT2D eigenvalue weighted by Crippen LogP contribution is 2.58. The largest absolute Gasteiger partial charge is 0.494 e. The molecule has 4 heteroatoms. The van der Waals surface area contributed by atoms with Crippen LogP contribution in [-0.2, 0) is 14.7 Å². The van der Waals surface area contributed by atoms with Gasteiger partial charge in [-0.05, 0) is 91.5 Å². The monoisotopic (exact) mass is 447 g/mol. The molecule has 0 radical (unpaired) electrons. The van der Waals surface area contributed by atoms with Gasteiger partial charge in [0.1, 0.15) is 0 Å². The summed E-state index contributed by atoms with van der Waals surface area (Å²) in [5.74, 6) is 0. The van der Waals surface area contributed by atoms with Gasteiger partial charge in [-0.1, -0.05) is 61.4 Å². The maximum absolute atomic E-state index is 9.23. The lowest BCUT2D eigenvalue weighted by molar-refractivity contribution is 0.00578. The predicted molar refractivity (Wildman–Crippen MR) is 137 cm³/mol. The van der Waals surface area contributed by atoms with Crippen molar-refractivity contribution in [2.24, 2.45) is 0 Å². The van der Waals surface area contributed by atoms with Gasteiger partial charge in [-0.25, -0.2) is 0 Å². The van der Waals surface area contributed by atoms with Gasteiger partial charge in [-0.15, -0.1) is 0 Å². The molecule has 34 heavy (non-hydrogen) atoms. The standard InChI is InChI=1S/C30H30BNO2/c1-28(2)29(3,4)34-31(33-28)22-14-15-24-26(18-22)30(16-5-6-17-30)25-9-7-8-23(27(24)25)21-12-10-20(19-32)11-13-21/h7-15,18H,5-6,16-17H2,1-4H3. The first kappa shape index (κ1) is 21.7. The molecule has 170 valence electrons. The number of nitrogens with zero attached hydrogens (tertiary/aromatic N) is 1. The predicted octanol–water partition coefficient (Wildman–Crippen LogP) is 6.36. The van der Waals surface area contributed by atoms with Crippen LogP contribution in [0.2, 0.25) is 0 Å². The number of rotatable bonds is 2. The molecule has 3 aromatic rings. The summed E-state index contributed by atoms with van der Waals surface area (Å²) in [6, 6.07) is 23.8. The van der Waals surface area contributed by atoms with E-state index in [1.54, 1.807) is 0 Å². The SMILES string of the molecule is CC1(C)OB(c2ccc3c(c2)C2(CCCC2)c2cccc(-c4ccc(C#N)cc4)c2-3)OC1(C)C. The molecule has 1 spiro atoms. The van der Waals surface area contributed by atoms with E-state index in [9.17, 15) is 5.26 Å². The average Bonchev–Trinajstić information content (AvgIpc) is 3.49. The highest BCUT2D eigenvalue weighted by atomic mass is 16.7. The van der Waals surface area contributed by atoms with Crippen LogP contribution < -0.4 is 5.46 Å². The summed E-state index contributed by atoms with van der Waals surface area (Å²) in [6.45, 7) is 8.44. The Balaban J connectivity index is 1.51. The van der Waals surface area contributed by atoms with E-state index < -0.39 is 0 Å². The zero-order valence-electron chi connectivity index (χ0n) is 20.4. The first-order chi connectivity index (χ1) is 16.3. The van der Waals surface area contributed by atoms with E-state index in [4.69, 9.17) is 9.31 Å². The minimum absolute atomic E-state index is 0.0624. The Morgan fingerprint density at radius 1 is 0.794 bits per heavy atom. The van der Waals surface area contributed by atoms with Crippen LogP contribution in [0, 0.1) is 11.3 Å². The van der Waals surface area contributed by atoms with Gasteiger partial charge in [0.05, 0.1) is 22.8 Å². The molecule has 3 aliphatic rings. The number of nitriles is 1. The lowest BCUT2D eigenvalue weighted by Crippen LogP contribution is -2.41. The summed E-state index contributed by atoms with van der Waals surface area (Å²) in [5, 5.41) is 9.23. The molecule has 0 unspecified atom stereocenters. The van der Waals surface area contributed by atoms with Crippen molar-refractivity contribution in [1.82, 2.24) is 0 Å². The van der Waals surface area contributed by atoms with Gasteiger partial charge in [0.2, 0.25) is 0 Å². The molecule has 3 aromatic carbocycles. The zero-order valence-corrected chi connectivity index (χ0v) is 20.4. The summed E-state index contributed by atoms with van der Waals surface area (Å²) in [7, 11) is -0.351. The fourth-order valence-electron chi connectivity index (χ4n) is 6.17. The van der Waals surface area contributed by atoms with Crippen molar-refractivity contribution in [2.45, 2.75) is 70.0 Å². The molecule has 1 saturated carbocycles. The van der Waals surface area contributed by atoms with Gasteiger partial charge < -0.3 is 9.31 Å². The van der Waals surface area contributed by atoms with Gasteiger partial charge in [0, 0.05) is 5.41 Å². The number of benzene rings is 3. The first-order valence-corrected chi connectivity index (χ1v) is 12.4. The molecule has 2 aliphatic carbocycles. The van der Waals surface area contributed by atoms with E-state index in [0.717, 1.165) is 11.0 Å². The molecule has 1 aliphatic heterocycles. The van der Waals surface area contributed by atoms with Crippen LogP contribution in [-0.4, -0.2) is 18.3 Å². The fraction of sp³-hybridized carbons (Fsp3) is 0.367. The van der Waals surface area contributed by atoms with Crippen LogP contribution in [0.1, 0.15) is 70.1 Å². The second-order valence-corrected chi connectivity index (χ2v) is 11.1. The molecule has 2 fully saturated rings. The van der Waals surface area contributed by atoms with Crippen LogP contribution in [0.15, 0.2) is 60.7 Å². The van der Waals surface area contributed by atoms with E-state index in [1.807, 2.05) is 12.1 Å². The maximum Gasteiger partial charge on any atom is 0.494 e. The van der Waals surface area contributed by atoms with Crippen LogP contribution in [0.4, 0.5) is 0 Å². The third kappa shape index (κ3) is 2.97. The van der Waals surface area contributed by atoms with E-state index in [-0.39, 0.29) is 23.7 Å². The molecular weight excluding hydrogens is 417 g/mol. The third-order valence-corrected chi connectivity index (χ3v) is 8.72. The summed E-state index contributed by atoms with van der Waals surface area (Å²) in [4.78, 5) is 0. The summed E-state index contributed by atoms with van der Waals surface area (Å²) in [6.07, 6.45) is 4.86. The molecule has 0 N–H and O–H groups in total. The molecule has 3 nitrogen and oxygen atoms in total. The lowest BCUT2D eigenvalue weighted by atomic mass is 9.72. The third-order valence-electron chi connectivity index (χ3n) is 8.72. The highest BCUT2D eigenvalue weighted by Gasteiger charge is 2.53. The van der Waals surface area contributed by atoms with Gasteiger partial charge in [-0.2, -0.15) is 5.26 Å². The van der Waals surface area contributed by atoms with E-state index in [2.05, 4.69) is 82.3 Å². The Hall–Kier alpha value is -2.87. The Morgan fingerprint density at radius 3 is 2.12 bits per heavy atom. The number of hydrogen-bond acceptors (Lipinski definition) is 3. The summed E-state index contributed by atoms with van der Waals surface area (Å²) < 4.78 is 12.8. The molecule has 0 amide bonds. The van der Waals surface area contributed by atoms with Crippen molar-refractivity contribution < 1.29 is 9.31 Å². The minimum Gasteiger partial charge on any atom is -0.399 e. The quantitative estimate of drug-likeness (QED) is 0.429. The zero-order chi connectivity index (χ0) is 23.7. The van der Waals surface area contributed by atoms with Crippen LogP contribution >= 0.6 is 0 Å². The molecule has 6 rings (SSSR count). The highest BCUT2D eigenvalue weighted by molar-refractivity contribution is 6.62. The summed E-state index contributed by atoms with van der Waals surface area (Å²) in [5.41, 5.74) is 9.12. The van der Waals surface area contributed by atoms with E-state index in [0.29, 0.717) is 5.56 Å². The fourth-order valence-corrected chi connectivity index (χ4v) is 6.17. The van der Waals surface area contributed by atoms with Crippen molar-refractivity contribution in [3.05, 3.63) is 77.4 Å². The van der Waals surface area contributed by atoms with Gasteiger partial charge in [-0.3, -0.25) is 0 Å². The topological polar surface area (TPSA) is 42.2 Å². The van der Waals surface area contributed by atoms with Crippen molar-refractivity contribution in [1.29, 1.82) is 5.26 Å². The molecule has 0 bridgehead atoms. The molecular formula is C30H30BNO2. The van der Waals surface area contributed by atoms with Gasteiger partial charge in [0.15, 0.2) is 0 Å². The van der Waals surface area contributed by atoms with Crippen molar-refractivity contribution in [2.75, 3.05) is 0 Å². The van der Waals surface area contributed by atoms with E-state index in [1.165, 1.54) is 53.5 Å². The number of hydrogen-bond donors (Lipinski definition) is 0. The Morgan fingerprint density at radius 2 is 1.47 bits per heavy atom. The molecule has 1 heterocycles. The Bertz CT molecular complexity index is 1310. The van der Waals surface area contributed by atoms with Crippen molar-refractivity contribution in [3.8, 4) is 28.3 Å². The number of fused-ring (bicyclic) bond motifs is 5. The normalized spacial score (nSPS) is 20.9. The molecule has 1 saturated heterocycles. The first-order valence-electron chi connectivity index (χ1n) is 12.4. The van der Waals surface area contributed by atoms with Crippen molar-refractivity contribution >= 4 is 12.6 Å². The van der Waals surface area contributed by atoms with Crippen LogP contribution in [0.25, 0.3) is 22.3 Å². The minimum atomic E-state index is -0.354. The van der Waals surface area contributed by atoms with Gasteiger partial charge >= 0.3 is 7.12 Å². The maximum atomic E-state index is 9.23. The second kappa shape index (κ2) is 7.31. The lowest BCUT2D eigenvalue weighted by Gasteiger charge is -2.32. The smallest absolute Gasteiger partial charge is 0.399 e. The second-order valence-electron chi connectivity index (χ2n) is 11.1. The van der Waals surface area contributed by atoms with Crippen molar-refractivity contribution in [3.63, 3.8) is 0 Å². The molecule has 0 atom stereocenters. The van der Waals surface area contributed by atoms with Crippen LogP contribution in [0.5, 0.6) is 0 Å². The average molecular weight is 447 g/mol. The Kier molecular flexibility index (Phi) is 4.66. The van der Waals surface area contributed by atoms with E-state index >= 15 is 0 Å². The van der Waals surface area contributed by atoms with Crippen LogP contribution in [0.3, 0.4) is 0 Å².